The monoisotopic (exact) mass is 350 g/mol. The van der Waals surface area contributed by atoms with E-state index in [-0.39, 0.29) is 17.7 Å². The maximum atomic E-state index is 12.4. The highest BCUT2D eigenvalue weighted by Gasteiger charge is 2.33. The number of nitrogens with one attached hydrogen (secondary N) is 1. The first-order valence-electron chi connectivity index (χ1n) is 8.71. The summed E-state index contributed by atoms with van der Waals surface area (Å²) in [5.41, 5.74) is 1.00. The van der Waals surface area contributed by atoms with Gasteiger partial charge in [-0.25, -0.2) is 4.98 Å². The predicted molar refractivity (Wildman–Crippen MR) is 93.5 cm³/mol. The topological polar surface area (TPSA) is 67.2 Å². The lowest BCUT2D eigenvalue weighted by atomic mass is 9.83. The quantitative estimate of drug-likeness (QED) is 0.822. The molecule has 1 saturated heterocycles. The highest BCUT2D eigenvalue weighted by atomic mass is 32.2. The van der Waals surface area contributed by atoms with Gasteiger partial charge in [0.15, 0.2) is 5.16 Å². The Balaban J connectivity index is 1.45. The molecule has 1 saturated carbocycles. The van der Waals surface area contributed by atoms with Crippen LogP contribution in [-0.2, 0) is 23.2 Å². The van der Waals surface area contributed by atoms with Crippen molar-refractivity contribution in [2.24, 2.45) is 18.9 Å². The SMILES string of the molecule is CSc1ncc(CNC(=O)C2CCN(C(=O)C3CCC3)CC2)n1C. The molecule has 2 aliphatic rings. The third kappa shape index (κ3) is 3.61. The minimum atomic E-state index is 0.0173. The summed E-state index contributed by atoms with van der Waals surface area (Å²) in [6.45, 7) is 1.94. The number of rotatable bonds is 5. The highest BCUT2D eigenvalue weighted by Crippen LogP contribution is 2.30. The zero-order valence-corrected chi connectivity index (χ0v) is 15.3. The molecule has 1 aromatic heterocycles. The van der Waals surface area contributed by atoms with Gasteiger partial charge in [0, 0.05) is 32.0 Å². The first-order valence-corrected chi connectivity index (χ1v) is 9.93. The molecule has 1 aliphatic heterocycles. The summed E-state index contributed by atoms with van der Waals surface area (Å²) >= 11 is 1.59. The van der Waals surface area contributed by atoms with Crippen molar-refractivity contribution in [1.29, 1.82) is 0 Å². The van der Waals surface area contributed by atoms with E-state index in [1.807, 2.05) is 29.0 Å². The fourth-order valence-electron chi connectivity index (χ4n) is 3.38. The van der Waals surface area contributed by atoms with Crippen LogP contribution in [0.4, 0.5) is 0 Å². The maximum absolute atomic E-state index is 12.4. The third-order valence-electron chi connectivity index (χ3n) is 5.30. The molecule has 0 spiro atoms. The lowest BCUT2D eigenvalue weighted by Crippen LogP contribution is -2.46. The van der Waals surface area contributed by atoms with Gasteiger partial charge in [0.2, 0.25) is 11.8 Å². The molecule has 1 N–H and O–H groups in total. The first kappa shape index (κ1) is 17.3. The molecule has 0 unspecified atom stereocenters. The van der Waals surface area contributed by atoms with Gasteiger partial charge in [-0.2, -0.15) is 0 Å². The molecule has 7 heteroatoms. The van der Waals surface area contributed by atoms with Gasteiger partial charge < -0.3 is 14.8 Å². The maximum Gasteiger partial charge on any atom is 0.225 e. The van der Waals surface area contributed by atoms with Crippen LogP contribution in [0.25, 0.3) is 0 Å². The lowest BCUT2D eigenvalue weighted by molar-refractivity contribution is -0.141. The number of likely N-dealkylation sites (tertiary alicyclic amines) is 1. The summed E-state index contributed by atoms with van der Waals surface area (Å²) < 4.78 is 2.00. The number of carbonyl (C=O) groups excluding carboxylic acids is 2. The van der Waals surface area contributed by atoms with Crippen LogP contribution in [0.2, 0.25) is 0 Å². The van der Waals surface area contributed by atoms with Crippen LogP contribution in [0.5, 0.6) is 0 Å². The third-order valence-corrected chi connectivity index (χ3v) is 6.04. The number of thioether (sulfide) groups is 1. The number of carbonyl (C=O) groups is 2. The summed E-state index contributed by atoms with van der Waals surface area (Å²) in [6, 6.07) is 0. The largest absolute Gasteiger partial charge is 0.350 e. The van der Waals surface area contributed by atoms with E-state index in [1.165, 1.54) is 6.42 Å². The van der Waals surface area contributed by atoms with E-state index in [4.69, 9.17) is 0 Å². The Labute approximate surface area is 147 Å². The molecule has 1 aliphatic carbocycles. The average molecular weight is 350 g/mol. The van der Waals surface area contributed by atoms with Gasteiger partial charge in [-0.1, -0.05) is 18.2 Å². The smallest absolute Gasteiger partial charge is 0.225 e. The Kier molecular flexibility index (Phi) is 5.48. The molecule has 2 amide bonds. The van der Waals surface area contributed by atoms with Crippen LogP contribution >= 0.6 is 11.8 Å². The number of aromatic nitrogens is 2. The molecule has 2 heterocycles. The standard InChI is InChI=1S/C17H26N4O2S/c1-20-14(11-19-17(20)24-2)10-18-15(22)12-6-8-21(9-7-12)16(23)13-4-3-5-13/h11-13H,3-10H2,1-2H3,(H,18,22). The van der Waals surface area contributed by atoms with Gasteiger partial charge in [0.05, 0.1) is 18.4 Å². The molecular weight excluding hydrogens is 324 g/mol. The number of hydrogen-bond donors (Lipinski definition) is 1. The first-order chi connectivity index (χ1) is 11.6. The van der Waals surface area contributed by atoms with Gasteiger partial charge in [-0.15, -0.1) is 0 Å². The van der Waals surface area contributed by atoms with Crippen molar-refractivity contribution in [2.75, 3.05) is 19.3 Å². The van der Waals surface area contributed by atoms with Gasteiger partial charge in [0.25, 0.3) is 0 Å². The second-order valence-corrected chi connectivity index (χ2v) is 7.51. The van der Waals surface area contributed by atoms with Gasteiger partial charge in [0.1, 0.15) is 0 Å². The lowest BCUT2D eigenvalue weighted by Gasteiger charge is -2.36. The second kappa shape index (κ2) is 7.59. The van der Waals surface area contributed by atoms with E-state index in [9.17, 15) is 9.59 Å². The van der Waals surface area contributed by atoms with Crippen LogP contribution in [0.3, 0.4) is 0 Å². The minimum Gasteiger partial charge on any atom is -0.350 e. The van der Waals surface area contributed by atoms with Crippen LogP contribution in [0, 0.1) is 11.8 Å². The zero-order chi connectivity index (χ0) is 17.1. The van der Waals surface area contributed by atoms with E-state index >= 15 is 0 Å². The molecular formula is C17H26N4O2S. The molecule has 0 radical (unpaired) electrons. The zero-order valence-electron chi connectivity index (χ0n) is 14.5. The minimum absolute atomic E-state index is 0.0173. The number of amides is 2. The van der Waals surface area contributed by atoms with E-state index in [0.717, 1.165) is 49.6 Å². The summed E-state index contributed by atoms with van der Waals surface area (Å²) in [6.07, 6.45) is 8.61. The van der Waals surface area contributed by atoms with Crippen LogP contribution < -0.4 is 5.32 Å². The van der Waals surface area contributed by atoms with Crippen molar-refractivity contribution in [3.05, 3.63) is 11.9 Å². The summed E-state index contributed by atoms with van der Waals surface area (Å²) in [4.78, 5) is 30.9. The molecule has 24 heavy (non-hydrogen) atoms. The van der Waals surface area contributed by atoms with E-state index in [0.29, 0.717) is 12.5 Å². The number of hydrogen-bond acceptors (Lipinski definition) is 4. The van der Waals surface area contributed by atoms with Crippen molar-refractivity contribution in [3.8, 4) is 0 Å². The fraction of sp³-hybridized carbons (Fsp3) is 0.706. The Morgan fingerprint density at radius 2 is 1.96 bits per heavy atom. The Bertz CT molecular complexity index is 604. The van der Waals surface area contributed by atoms with Crippen molar-refractivity contribution in [3.63, 3.8) is 0 Å². The molecule has 0 aromatic carbocycles. The highest BCUT2D eigenvalue weighted by molar-refractivity contribution is 7.98. The molecule has 132 valence electrons. The molecule has 1 aromatic rings. The number of imidazole rings is 1. The molecule has 6 nitrogen and oxygen atoms in total. The van der Waals surface area contributed by atoms with Crippen molar-refractivity contribution in [1.82, 2.24) is 19.8 Å². The van der Waals surface area contributed by atoms with E-state index in [1.54, 1.807) is 11.8 Å². The molecule has 2 fully saturated rings. The molecule has 3 rings (SSSR count). The predicted octanol–water partition coefficient (Wildman–Crippen LogP) is 1.80. The van der Waals surface area contributed by atoms with Crippen molar-refractivity contribution < 1.29 is 9.59 Å². The molecule has 0 atom stereocenters. The Hall–Kier alpha value is -1.50. The second-order valence-electron chi connectivity index (χ2n) is 6.74. The van der Waals surface area contributed by atoms with Crippen molar-refractivity contribution in [2.45, 2.75) is 43.8 Å². The van der Waals surface area contributed by atoms with Gasteiger partial charge >= 0.3 is 0 Å². The van der Waals surface area contributed by atoms with Gasteiger partial charge in [-0.05, 0) is 31.9 Å². The summed E-state index contributed by atoms with van der Waals surface area (Å²) in [5, 5.41) is 3.97. The molecule has 0 bridgehead atoms. The Morgan fingerprint density at radius 3 is 2.50 bits per heavy atom. The van der Waals surface area contributed by atoms with Crippen LogP contribution in [-0.4, -0.2) is 45.6 Å². The van der Waals surface area contributed by atoms with E-state index < -0.39 is 0 Å². The van der Waals surface area contributed by atoms with Gasteiger partial charge in [-0.3, -0.25) is 9.59 Å². The van der Waals surface area contributed by atoms with Crippen molar-refractivity contribution >= 4 is 23.6 Å². The normalized spacial score (nSPS) is 19.2. The number of piperidine rings is 1. The van der Waals surface area contributed by atoms with E-state index in [2.05, 4.69) is 10.3 Å². The summed E-state index contributed by atoms with van der Waals surface area (Å²) in [7, 11) is 1.96. The number of nitrogens with zero attached hydrogens (tertiary/aromatic N) is 3. The Morgan fingerprint density at radius 1 is 1.25 bits per heavy atom. The summed E-state index contributed by atoms with van der Waals surface area (Å²) in [5.74, 6) is 0.673. The van der Waals surface area contributed by atoms with Crippen LogP contribution in [0.15, 0.2) is 11.4 Å². The fourth-order valence-corrected chi connectivity index (χ4v) is 3.93. The van der Waals surface area contributed by atoms with Crippen LogP contribution in [0.1, 0.15) is 37.8 Å². The average Bonchev–Trinajstić information content (AvgIpc) is 2.91.